The van der Waals surface area contributed by atoms with Crippen molar-refractivity contribution in [3.63, 3.8) is 0 Å². The third kappa shape index (κ3) is 15.2. The average Bonchev–Trinajstić information content (AvgIpc) is 3.21. The van der Waals surface area contributed by atoms with Crippen LogP contribution in [0.1, 0.15) is 65.2 Å². The summed E-state index contributed by atoms with van der Waals surface area (Å²) in [5, 5.41) is 17.2. The predicted octanol–water partition coefficient (Wildman–Crippen LogP) is 8.15. The Hall–Kier alpha value is -5.16. The highest BCUT2D eigenvalue weighted by molar-refractivity contribution is 7.92. The number of rotatable bonds is 23. The van der Waals surface area contributed by atoms with Gasteiger partial charge in [-0.1, -0.05) is 121 Å². The van der Waals surface area contributed by atoms with Gasteiger partial charge in [-0.25, -0.2) is 13.2 Å². The highest BCUT2D eigenvalue weighted by Gasteiger charge is 2.17. The van der Waals surface area contributed by atoms with Crippen LogP contribution in [0.15, 0.2) is 133 Å². The van der Waals surface area contributed by atoms with Gasteiger partial charge in [-0.2, -0.15) is 0 Å². The van der Waals surface area contributed by atoms with Crippen LogP contribution in [0.3, 0.4) is 0 Å². The highest BCUT2D eigenvalue weighted by atomic mass is 32.2. The molecule has 290 valence electrons. The number of aryl methyl sites for hydroxylation is 3. The Morgan fingerprint density at radius 3 is 1.78 bits per heavy atom. The molecule has 0 aromatic heterocycles. The summed E-state index contributed by atoms with van der Waals surface area (Å²) in [6.45, 7) is 2.23. The molecule has 0 aliphatic carbocycles. The van der Waals surface area contributed by atoms with Crippen LogP contribution in [0.4, 0.5) is 10.5 Å². The Morgan fingerprint density at radius 2 is 1.16 bits per heavy atom. The van der Waals surface area contributed by atoms with Crippen LogP contribution >= 0.6 is 0 Å². The minimum Gasteiger partial charge on any atom is -0.487 e. The van der Waals surface area contributed by atoms with E-state index in [1.54, 1.807) is 18.2 Å². The van der Waals surface area contributed by atoms with Gasteiger partial charge in [-0.05, 0) is 97.0 Å². The molecule has 5 aromatic rings. The second-order valence-corrected chi connectivity index (χ2v) is 15.5. The zero-order valence-corrected chi connectivity index (χ0v) is 32.2. The lowest BCUT2D eigenvalue weighted by molar-refractivity contribution is 0.139. The van der Waals surface area contributed by atoms with Crippen LogP contribution in [0, 0.1) is 0 Å². The summed E-state index contributed by atoms with van der Waals surface area (Å²) in [6, 6.07) is 42.7. The molecule has 0 bridgehead atoms. The standard InChI is InChI=1S/C45H53N3O6S/c49-43(33-46-29-12-10-16-37-22-24-38(25-23-37)17-11-13-30-47-45(50)54-35-40-20-8-3-9-21-40)41-26-27-44(53-34-39-18-6-2-7-19-39)42(32-41)48-55(51,52)31-28-36-14-4-1-5-15-36/h1-9,14-15,18-27,32,43,46,48-49H,10-13,16-17,28-31,33-35H2,(H,47,50)/t43-/m1/s1. The van der Waals surface area contributed by atoms with Gasteiger partial charge < -0.3 is 25.2 Å². The smallest absolute Gasteiger partial charge is 0.407 e. The number of nitrogens with one attached hydrogen (secondary N) is 3. The SMILES string of the molecule is O=C(NCCCCc1ccc(CCCCNC[C@@H](O)c2ccc(OCc3ccccc3)c(NS(=O)(=O)CCc3ccccc3)c2)cc1)OCc1ccccc1. The van der Waals surface area contributed by atoms with Crippen molar-refractivity contribution in [2.24, 2.45) is 0 Å². The Balaban J connectivity index is 0.999. The van der Waals surface area contributed by atoms with Gasteiger partial charge in [0.05, 0.1) is 17.5 Å². The van der Waals surface area contributed by atoms with Crippen molar-refractivity contribution < 1.29 is 27.8 Å². The number of benzene rings is 5. The topological polar surface area (TPSA) is 126 Å². The Morgan fingerprint density at radius 1 is 0.618 bits per heavy atom. The van der Waals surface area contributed by atoms with Crippen molar-refractivity contribution in [2.45, 2.75) is 64.3 Å². The van der Waals surface area contributed by atoms with Crippen LogP contribution in [-0.4, -0.2) is 45.0 Å². The Bertz CT molecular complexity index is 1960. The second-order valence-electron chi connectivity index (χ2n) is 13.6. The molecule has 55 heavy (non-hydrogen) atoms. The van der Waals surface area contributed by atoms with E-state index in [-0.39, 0.29) is 25.1 Å². The fraction of sp³-hybridized carbons (Fsp3) is 0.311. The molecule has 0 spiro atoms. The first-order chi connectivity index (χ1) is 26.8. The molecule has 0 unspecified atom stereocenters. The molecule has 1 atom stereocenters. The lowest BCUT2D eigenvalue weighted by Gasteiger charge is -2.18. The molecule has 1 amide bonds. The normalized spacial score (nSPS) is 11.8. The van der Waals surface area contributed by atoms with Gasteiger partial charge in [0.2, 0.25) is 10.0 Å². The molecule has 5 rings (SSSR count). The van der Waals surface area contributed by atoms with Gasteiger partial charge in [0.15, 0.2) is 0 Å². The molecule has 0 heterocycles. The molecule has 10 heteroatoms. The number of hydrogen-bond donors (Lipinski definition) is 4. The Labute approximate surface area is 326 Å². The number of carbonyl (C=O) groups excluding carboxylic acids is 1. The van der Waals surface area contributed by atoms with Crippen LogP contribution in [0.5, 0.6) is 5.75 Å². The molecule has 0 aliphatic rings. The number of carbonyl (C=O) groups is 1. The van der Waals surface area contributed by atoms with Crippen molar-refractivity contribution in [3.05, 3.63) is 167 Å². The first-order valence-corrected chi connectivity index (χ1v) is 20.7. The number of unbranched alkanes of at least 4 members (excludes halogenated alkanes) is 2. The first-order valence-electron chi connectivity index (χ1n) is 19.1. The van der Waals surface area contributed by atoms with Gasteiger partial charge >= 0.3 is 6.09 Å². The molecule has 0 aliphatic heterocycles. The van der Waals surface area contributed by atoms with E-state index >= 15 is 0 Å². The summed E-state index contributed by atoms with van der Waals surface area (Å²) in [5.74, 6) is 0.318. The number of sulfonamides is 1. The quantitative estimate of drug-likeness (QED) is 0.0495. The number of anilines is 1. The maximum Gasteiger partial charge on any atom is 0.407 e. The van der Waals surface area contributed by atoms with Gasteiger partial charge in [-0.3, -0.25) is 4.72 Å². The van der Waals surface area contributed by atoms with Gasteiger partial charge in [0.1, 0.15) is 19.0 Å². The van der Waals surface area contributed by atoms with Crippen LogP contribution in [0.2, 0.25) is 0 Å². The number of ether oxygens (including phenoxy) is 2. The minimum atomic E-state index is -3.70. The Kier molecular flexibility index (Phi) is 16.6. The number of amides is 1. The number of aliphatic hydroxyl groups is 1. The number of aliphatic hydroxyl groups excluding tert-OH is 1. The van der Waals surface area contributed by atoms with E-state index in [1.165, 1.54) is 11.1 Å². The third-order valence-electron chi connectivity index (χ3n) is 9.20. The van der Waals surface area contributed by atoms with E-state index in [9.17, 15) is 18.3 Å². The summed E-state index contributed by atoms with van der Waals surface area (Å²) in [5.41, 5.74) is 6.34. The second kappa shape index (κ2) is 22.3. The molecule has 0 saturated carbocycles. The first kappa shape index (κ1) is 41.0. The maximum absolute atomic E-state index is 13.1. The van der Waals surface area contributed by atoms with Gasteiger partial charge in [-0.15, -0.1) is 0 Å². The van der Waals surface area contributed by atoms with E-state index in [2.05, 4.69) is 39.6 Å². The summed E-state index contributed by atoms with van der Waals surface area (Å²) in [7, 11) is -3.70. The zero-order valence-electron chi connectivity index (χ0n) is 31.4. The molecule has 0 saturated heterocycles. The molecule has 4 N–H and O–H groups in total. The average molecular weight is 764 g/mol. The van der Waals surface area contributed by atoms with Crippen molar-refractivity contribution in [1.29, 1.82) is 0 Å². The maximum atomic E-state index is 13.1. The summed E-state index contributed by atoms with van der Waals surface area (Å²) in [4.78, 5) is 11.9. The van der Waals surface area contributed by atoms with E-state index in [4.69, 9.17) is 9.47 Å². The van der Waals surface area contributed by atoms with E-state index in [1.807, 2.05) is 91.0 Å². The predicted molar refractivity (Wildman–Crippen MR) is 220 cm³/mol. The summed E-state index contributed by atoms with van der Waals surface area (Å²) in [6.07, 6.45) is 4.92. The minimum absolute atomic E-state index is 0.0808. The van der Waals surface area contributed by atoms with Crippen LogP contribution < -0.4 is 20.1 Å². The monoisotopic (exact) mass is 763 g/mol. The van der Waals surface area contributed by atoms with Crippen LogP contribution in [0.25, 0.3) is 0 Å². The fourth-order valence-electron chi connectivity index (χ4n) is 6.04. The summed E-state index contributed by atoms with van der Waals surface area (Å²) >= 11 is 0. The highest BCUT2D eigenvalue weighted by Crippen LogP contribution is 2.30. The molecule has 9 nitrogen and oxygen atoms in total. The molecular weight excluding hydrogens is 711 g/mol. The lowest BCUT2D eigenvalue weighted by Crippen LogP contribution is -2.25. The zero-order chi connectivity index (χ0) is 38.6. The molecule has 0 radical (unpaired) electrons. The van der Waals surface area contributed by atoms with E-state index in [0.29, 0.717) is 36.5 Å². The number of alkyl carbamates (subject to hydrolysis) is 1. The van der Waals surface area contributed by atoms with Gasteiger partial charge in [0.25, 0.3) is 0 Å². The van der Waals surface area contributed by atoms with Crippen molar-refractivity contribution in [2.75, 3.05) is 30.1 Å². The number of hydrogen-bond acceptors (Lipinski definition) is 7. The van der Waals surface area contributed by atoms with Crippen molar-refractivity contribution in [1.82, 2.24) is 10.6 Å². The van der Waals surface area contributed by atoms with Crippen molar-refractivity contribution >= 4 is 21.8 Å². The fourth-order valence-corrected chi connectivity index (χ4v) is 7.14. The molecule has 5 aromatic carbocycles. The molecular formula is C45H53N3O6S. The molecule has 0 fully saturated rings. The largest absolute Gasteiger partial charge is 0.487 e. The van der Waals surface area contributed by atoms with E-state index < -0.39 is 16.1 Å². The summed E-state index contributed by atoms with van der Waals surface area (Å²) < 4.78 is 40.3. The third-order valence-corrected chi connectivity index (χ3v) is 10.5. The lowest BCUT2D eigenvalue weighted by atomic mass is 10.0. The van der Waals surface area contributed by atoms with Crippen LogP contribution in [-0.2, 0) is 47.2 Å². The van der Waals surface area contributed by atoms with Crippen molar-refractivity contribution in [3.8, 4) is 5.75 Å². The van der Waals surface area contributed by atoms with E-state index in [0.717, 1.165) is 61.8 Å². The van der Waals surface area contributed by atoms with Gasteiger partial charge in [0, 0.05) is 13.1 Å².